The van der Waals surface area contributed by atoms with Gasteiger partial charge in [0.1, 0.15) is 6.61 Å². The molecule has 0 bridgehead atoms. The zero-order chi connectivity index (χ0) is 43.6. The van der Waals surface area contributed by atoms with E-state index in [1.807, 2.05) is 67.8 Å². The summed E-state index contributed by atoms with van der Waals surface area (Å²) in [6.45, 7) is -3.70. The van der Waals surface area contributed by atoms with E-state index in [0.717, 1.165) is 14.7 Å². The Morgan fingerprint density at radius 1 is 0.667 bits per heavy atom. The number of rotatable bonds is 18. The van der Waals surface area contributed by atoms with Gasteiger partial charge in [-0.05, 0) is 142 Å². The predicted octanol–water partition coefficient (Wildman–Crippen LogP) is -0.272. The average molecular weight is 1480 g/mol. The number of hydrogen-bond donors (Lipinski definition) is 10. The number of amides is 6. The minimum atomic E-state index is -1.34. The van der Waals surface area contributed by atoms with Crippen LogP contribution in [-0.4, -0.2) is 171 Å². The summed E-state index contributed by atoms with van der Waals surface area (Å²) in [6.07, 6.45) is -3.84. The largest absolute Gasteiger partial charge is 0.394 e. The number of nitrogens with zero attached hydrogens (tertiary/aromatic N) is 3. The van der Waals surface area contributed by atoms with Crippen LogP contribution < -0.4 is 20.9 Å². The fourth-order valence-corrected chi connectivity index (χ4v) is 12.4. The summed E-state index contributed by atoms with van der Waals surface area (Å²) in [4.78, 5) is 84.5. The van der Waals surface area contributed by atoms with E-state index in [1.54, 1.807) is 67.8 Å². The van der Waals surface area contributed by atoms with Gasteiger partial charge in [-0.2, -0.15) is 0 Å². The SMILES string of the molecule is CN(CC(O)CO)C(=O)c1c(I)c(C(=O)N(C)CC(O)CO)c(I)c(N(C)C(=O)C(I)NC(=O)c2cc(C(=O)NCC(O)CO)c(I)c(NC(=O)CO)c2I)c1I. The second-order valence-corrected chi connectivity index (χ2v) is 18.7. The minimum Gasteiger partial charge on any atom is -0.394 e. The van der Waals surface area contributed by atoms with Crippen LogP contribution in [-0.2, 0) is 9.59 Å². The number of aliphatic hydroxyl groups is 7. The quantitative estimate of drug-likeness (QED) is 0.0524. The van der Waals surface area contributed by atoms with Gasteiger partial charge in [0.2, 0.25) is 5.91 Å². The van der Waals surface area contributed by atoms with Gasteiger partial charge in [0.25, 0.3) is 29.5 Å². The number of nitrogens with one attached hydrogen (secondary N) is 3. The molecule has 0 aliphatic rings. The third kappa shape index (κ3) is 13.4. The van der Waals surface area contributed by atoms with Gasteiger partial charge in [-0.25, -0.2) is 0 Å². The number of anilines is 2. The molecule has 316 valence electrons. The molecule has 0 heterocycles. The number of benzene rings is 2. The lowest BCUT2D eigenvalue weighted by molar-refractivity contribution is -0.119. The summed E-state index contributed by atoms with van der Waals surface area (Å²) in [5.74, 6) is -4.55. The van der Waals surface area contributed by atoms with Crippen LogP contribution in [0.25, 0.3) is 0 Å². The molecule has 6 amide bonds. The fourth-order valence-electron chi connectivity index (χ4n) is 4.78. The zero-order valence-electron chi connectivity index (χ0n) is 30.0. The lowest BCUT2D eigenvalue weighted by atomic mass is 10.1. The Bertz CT molecular complexity index is 1820. The highest BCUT2D eigenvalue weighted by Crippen LogP contribution is 2.39. The highest BCUT2D eigenvalue weighted by atomic mass is 127. The van der Waals surface area contributed by atoms with E-state index in [4.69, 9.17) is 5.11 Å². The van der Waals surface area contributed by atoms with Crippen LogP contribution >= 0.6 is 136 Å². The molecule has 4 atom stereocenters. The highest BCUT2D eigenvalue weighted by molar-refractivity contribution is 14.1. The van der Waals surface area contributed by atoms with Crippen LogP contribution in [0.15, 0.2) is 6.07 Å². The van der Waals surface area contributed by atoms with Gasteiger partial charge in [0, 0.05) is 44.3 Å². The summed E-state index contributed by atoms with van der Waals surface area (Å²) in [5, 5.41) is 74.5. The molecule has 0 aromatic heterocycles. The van der Waals surface area contributed by atoms with Crippen LogP contribution in [0.4, 0.5) is 11.4 Å². The van der Waals surface area contributed by atoms with Gasteiger partial charge in [-0.3, -0.25) is 28.8 Å². The van der Waals surface area contributed by atoms with Crippen molar-refractivity contribution in [3.8, 4) is 0 Å². The monoisotopic (exact) mass is 1480 g/mol. The molecular formula is C32H38I6N6O13. The number of carbonyl (C=O) groups excluding carboxylic acids is 6. The fraction of sp³-hybridized carbons (Fsp3) is 0.438. The van der Waals surface area contributed by atoms with Crippen LogP contribution in [0.3, 0.4) is 0 Å². The summed E-state index contributed by atoms with van der Waals surface area (Å²) in [5.41, 5.74) is -0.202. The van der Waals surface area contributed by atoms with Crippen LogP contribution in [0, 0.1) is 17.9 Å². The van der Waals surface area contributed by atoms with E-state index < -0.39 is 84.2 Å². The van der Waals surface area contributed by atoms with Crippen molar-refractivity contribution >= 4 is 182 Å². The molecule has 0 aliphatic carbocycles. The molecule has 0 fully saturated rings. The van der Waals surface area contributed by atoms with Crippen molar-refractivity contribution in [2.24, 2.45) is 0 Å². The number of hydrogen-bond acceptors (Lipinski definition) is 13. The van der Waals surface area contributed by atoms with E-state index in [2.05, 4.69) is 16.0 Å². The molecule has 2 rings (SSSR count). The number of alkyl halides is 1. The summed E-state index contributed by atoms with van der Waals surface area (Å²) in [6, 6.07) is 1.21. The molecule has 0 aliphatic heterocycles. The Kier molecular flexibility index (Phi) is 22.2. The second-order valence-electron chi connectivity index (χ2n) is 12.0. The number of halogens is 6. The first-order chi connectivity index (χ1) is 26.6. The molecule has 2 aromatic carbocycles. The Balaban J connectivity index is 2.70. The summed E-state index contributed by atoms with van der Waals surface area (Å²) >= 11 is 10.7. The van der Waals surface area contributed by atoms with Gasteiger partial charge in [0.05, 0.1) is 86.0 Å². The van der Waals surface area contributed by atoms with Crippen LogP contribution in [0.1, 0.15) is 41.4 Å². The van der Waals surface area contributed by atoms with E-state index in [-0.39, 0.29) is 71.1 Å². The van der Waals surface area contributed by atoms with E-state index in [9.17, 15) is 59.4 Å². The van der Waals surface area contributed by atoms with Crippen molar-refractivity contribution in [1.29, 1.82) is 0 Å². The number of aliphatic hydroxyl groups excluding tert-OH is 7. The van der Waals surface area contributed by atoms with Crippen LogP contribution in [0.5, 0.6) is 0 Å². The molecule has 2 aromatic rings. The number of carbonyl (C=O) groups is 6. The van der Waals surface area contributed by atoms with Gasteiger partial charge in [-0.1, -0.05) is 0 Å². The molecule has 0 saturated heterocycles. The molecular weight excluding hydrogens is 1440 g/mol. The first kappa shape index (κ1) is 52.5. The Morgan fingerprint density at radius 2 is 1.11 bits per heavy atom. The lowest BCUT2D eigenvalue weighted by Crippen LogP contribution is -2.45. The minimum absolute atomic E-state index is 0.00884. The maximum Gasteiger partial charge on any atom is 0.259 e. The topological polar surface area (TPSA) is 290 Å². The van der Waals surface area contributed by atoms with Gasteiger partial charge in [0.15, 0.2) is 4.05 Å². The van der Waals surface area contributed by atoms with Gasteiger partial charge >= 0.3 is 0 Å². The lowest BCUT2D eigenvalue weighted by Gasteiger charge is -2.29. The molecule has 0 spiro atoms. The van der Waals surface area contributed by atoms with Crippen molar-refractivity contribution in [2.45, 2.75) is 22.4 Å². The van der Waals surface area contributed by atoms with Crippen molar-refractivity contribution < 1.29 is 64.5 Å². The summed E-state index contributed by atoms with van der Waals surface area (Å²) in [7, 11) is 4.11. The zero-order valence-corrected chi connectivity index (χ0v) is 43.0. The standard InChI is InChI=1S/C32H38I6N6O13/c1-42(6-13(50)9-46)30(55)18-22(35)19(31(56)43(2)7-14(51)10-47)24(37)26(23(18)36)44(3)32(57)27(38)41-29(54)16-4-15(28(53)39-5-12(49)8-45)20(33)25(21(16)34)40-17(52)11-48/h4,12-14,27,45-51H,5-11H2,1-3H3,(H,39,53)(H,40,52)(H,41,54). The van der Waals surface area contributed by atoms with E-state index in [1.165, 1.54) is 27.2 Å². The molecule has 19 nitrogen and oxygen atoms in total. The molecule has 25 heteroatoms. The van der Waals surface area contributed by atoms with Crippen molar-refractivity contribution in [3.05, 3.63) is 46.2 Å². The Labute approximate surface area is 408 Å². The third-order valence-electron chi connectivity index (χ3n) is 7.75. The molecule has 0 saturated carbocycles. The van der Waals surface area contributed by atoms with Crippen molar-refractivity contribution in [1.82, 2.24) is 20.4 Å². The maximum atomic E-state index is 14.1. The molecule has 0 radical (unpaired) electrons. The average Bonchev–Trinajstić information content (AvgIpc) is 3.17. The van der Waals surface area contributed by atoms with E-state index >= 15 is 0 Å². The first-order valence-electron chi connectivity index (χ1n) is 16.1. The molecule has 4 unspecified atom stereocenters. The Morgan fingerprint density at radius 3 is 1.53 bits per heavy atom. The van der Waals surface area contributed by atoms with Gasteiger partial charge < -0.3 is 66.4 Å². The molecule has 57 heavy (non-hydrogen) atoms. The van der Waals surface area contributed by atoms with Crippen molar-refractivity contribution in [3.63, 3.8) is 0 Å². The first-order valence-corrected chi connectivity index (χ1v) is 22.7. The normalized spacial score (nSPS) is 13.2. The van der Waals surface area contributed by atoms with Crippen molar-refractivity contribution in [2.75, 3.05) is 77.4 Å². The van der Waals surface area contributed by atoms with Gasteiger partial charge in [-0.15, -0.1) is 0 Å². The number of likely N-dealkylation sites (N-methyl/N-ethyl adjacent to an activating group) is 3. The highest BCUT2D eigenvalue weighted by Gasteiger charge is 2.35. The predicted molar refractivity (Wildman–Crippen MR) is 256 cm³/mol. The maximum absolute atomic E-state index is 14.1. The smallest absolute Gasteiger partial charge is 0.259 e. The third-order valence-corrected chi connectivity index (χ3v) is 14.0. The second kappa shape index (κ2) is 24.1. The molecule has 10 N–H and O–H groups in total. The van der Waals surface area contributed by atoms with Crippen LogP contribution in [0.2, 0.25) is 0 Å². The van der Waals surface area contributed by atoms with E-state index in [0.29, 0.717) is 0 Å². The Hall–Kier alpha value is -0.640. The summed E-state index contributed by atoms with van der Waals surface area (Å²) < 4.78 is -0.395.